The summed E-state index contributed by atoms with van der Waals surface area (Å²) in [5.41, 5.74) is 6.69. The molecule has 0 aromatic heterocycles. The van der Waals surface area contributed by atoms with Crippen LogP contribution in [-0.4, -0.2) is 94.0 Å². The van der Waals surface area contributed by atoms with Crippen LogP contribution in [0.1, 0.15) is 189 Å². The number of aliphatic hydroxyl groups is 3. The van der Waals surface area contributed by atoms with E-state index in [9.17, 15) is 45.1 Å². The lowest BCUT2D eigenvalue weighted by Crippen LogP contribution is -2.36. The molecule has 102 heavy (non-hydrogen) atoms. The summed E-state index contributed by atoms with van der Waals surface area (Å²) in [6.45, 7) is 25.4. The van der Waals surface area contributed by atoms with Crippen molar-refractivity contribution in [3.8, 4) is 0 Å². The zero-order valence-corrected chi connectivity index (χ0v) is 63.4. The van der Waals surface area contributed by atoms with Crippen LogP contribution in [0, 0.1) is 29.1 Å². The summed E-state index contributed by atoms with van der Waals surface area (Å²) in [7, 11) is -2.10. The second kappa shape index (κ2) is 41.2. The molecule has 1 heterocycles. The number of thiocarbonyl (C=S) groups is 1. The van der Waals surface area contributed by atoms with E-state index < -0.39 is 48.9 Å². The Hall–Kier alpha value is -7.43. The quantitative estimate of drug-likeness (QED) is 0.0192. The Morgan fingerprint density at radius 3 is 1.35 bits per heavy atom. The molecule has 7 aromatic carbocycles. The second-order valence-electron chi connectivity index (χ2n) is 28.6. The van der Waals surface area contributed by atoms with Crippen LogP contribution in [0.15, 0.2) is 200 Å². The summed E-state index contributed by atoms with van der Waals surface area (Å²) in [6.07, 6.45) is 7.50. The van der Waals surface area contributed by atoms with E-state index in [1.807, 2.05) is 87.4 Å². The Kier molecular flexibility index (Phi) is 35.1. The number of hydrogen-bond donors (Lipinski definition) is 6. The van der Waals surface area contributed by atoms with Gasteiger partial charge in [-0.1, -0.05) is 166 Å². The first-order valence-corrected chi connectivity index (χ1v) is 37.3. The smallest absolute Gasteiger partial charge is 0.292 e. The molecule has 20 heteroatoms. The van der Waals surface area contributed by atoms with Crippen molar-refractivity contribution in [1.29, 1.82) is 0 Å². The van der Waals surface area contributed by atoms with Gasteiger partial charge in [-0.25, -0.2) is 26.9 Å². The maximum atomic E-state index is 14.3. The first-order chi connectivity index (χ1) is 48.0. The molecule has 0 aliphatic carbocycles. The molecule has 0 saturated heterocycles. The predicted molar refractivity (Wildman–Crippen MR) is 410 cm³/mol. The standard InChI is InChI=1S/C20H22FNO2S.C19H19FN2O2.C16H25FO2S.C16H23FOS.C11H16FNO/c1-20(12-7-13-23,16-10-5-6-11-17(16)21)14-18(25)22-19(24)15-8-3-2-4-9-15;1-19(15-10-5-6-11-16(15)20)12-7-13-24-18(22-19)21-17(23)14-8-3-2-4-9-14;1-15(2,3)20(19)12-16(4,10-7-11-18)13-8-5-6-9-14(13)17;1-6-11-16(5,12-19(18)15(2,3)4)13-9-7-8-10-14(13)17;1-11(13,7-4-8-14)9-5-2-3-6-10(9)12/h2-6,8-11,23H,7,12-14H2,1H3,(H,22,24,25);2-6,8-11H,7,12-13H2,1H3,(H,21,22,23);5-6,8-9,18H,7,10-12H2,1-4H3;6-10H,1,11-12H2,2-5H3;2-3,5-6,14H,4,7-8,13H2,1H3/t20-;19-;16-,20+;16-,19+;11-/m10110/s1. The first-order valence-electron chi connectivity index (χ1n) is 34.3. The molecule has 0 bridgehead atoms. The van der Waals surface area contributed by atoms with Crippen molar-refractivity contribution in [2.45, 2.75) is 177 Å². The minimum atomic E-state index is -1.07. The van der Waals surface area contributed by atoms with Crippen LogP contribution in [-0.2, 0) is 53.7 Å². The Morgan fingerprint density at radius 2 is 0.922 bits per heavy atom. The van der Waals surface area contributed by atoms with Crippen LogP contribution in [0.25, 0.3) is 0 Å². The van der Waals surface area contributed by atoms with Crippen LogP contribution in [0.5, 0.6) is 0 Å². The molecule has 2 amide bonds. The second-order valence-corrected chi connectivity index (χ2v) is 33.5. The van der Waals surface area contributed by atoms with Crippen molar-refractivity contribution in [3.63, 3.8) is 0 Å². The molecule has 1 aliphatic rings. The summed E-state index contributed by atoms with van der Waals surface area (Å²) in [5, 5.41) is 32.4. The lowest BCUT2D eigenvalue weighted by atomic mass is 9.75. The number of amidine groups is 1. The van der Waals surface area contributed by atoms with Crippen LogP contribution >= 0.6 is 12.2 Å². The molecule has 8 rings (SSSR count). The van der Waals surface area contributed by atoms with Crippen LogP contribution in [0.4, 0.5) is 22.0 Å². The molecular formula is C82H105F5N4O8S3. The van der Waals surface area contributed by atoms with Gasteiger partial charge in [0, 0.05) is 113 Å². The number of nitrogens with one attached hydrogen (secondary N) is 2. The highest BCUT2D eigenvalue weighted by atomic mass is 32.2. The molecule has 12 nitrogen and oxygen atoms in total. The number of allylic oxidation sites excluding steroid dienone is 1. The topological polar surface area (TPSA) is 201 Å². The fraction of sp³-hybridized carbons (Fsp3) is 0.415. The fourth-order valence-electron chi connectivity index (χ4n) is 11.5. The normalized spacial score (nSPS) is 16.5. The number of carbonyl (C=O) groups excluding carboxylic acids is 2. The Bertz CT molecular complexity index is 3870. The third kappa shape index (κ3) is 27.3. The van der Waals surface area contributed by atoms with E-state index in [1.165, 1.54) is 30.3 Å². The molecule has 0 saturated carbocycles. The number of benzene rings is 7. The van der Waals surface area contributed by atoms with Crippen molar-refractivity contribution < 1.29 is 60.0 Å². The molecule has 1 aliphatic heterocycles. The van der Waals surface area contributed by atoms with Gasteiger partial charge in [-0.05, 0) is 184 Å². The highest BCUT2D eigenvalue weighted by Crippen LogP contribution is 2.38. The van der Waals surface area contributed by atoms with E-state index in [1.54, 1.807) is 146 Å². The molecule has 7 N–H and O–H groups in total. The predicted octanol–water partition coefficient (Wildman–Crippen LogP) is 17.0. The number of ether oxygens (including phenoxy) is 1. The number of amides is 2. The van der Waals surface area contributed by atoms with E-state index in [4.69, 9.17) is 32.9 Å². The number of aliphatic imine (C=N–C) groups is 1. The number of hydrogen-bond acceptors (Lipinski definition) is 11. The third-order valence-electron chi connectivity index (χ3n) is 17.5. The van der Waals surface area contributed by atoms with E-state index in [0.29, 0.717) is 120 Å². The molecule has 0 spiro atoms. The Balaban J connectivity index is 0.000000274. The van der Waals surface area contributed by atoms with Crippen molar-refractivity contribution in [2.75, 3.05) is 37.9 Å². The minimum absolute atomic E-state index is 0.0210. The summed E-state index contributed by atoms with van der Waals surface area (Å²) in [5.74, 6) is -1.14. The third-order valence-corrected chi connectivity index (χ3v) is 22.3. The van der Waals surface area contributed by atoms with Gasteiger partial charge in [0.05, 0.1) is 17.1 Å². The van der Waals surface area contributed by atoms with E-state index >= 15 is 0 Å². The highest BCUT2D eigenvalue weighted by molar-refractivity contribution is 7.86. The zero-order chi connectivity index (χ0) is 76.0. The van der Waals surface area contributed by atoms with Crippen molar-refractivity contribution in [1.82, 2.24) is 10.6 Å². The maximum Gasteiger partial charge on any atom is 0.292 e. The highest BCUT2D eigenvalue weighted by Gasteiger charge is 2.37. The number of nitrogens with two attached hydrogens (primary N) is 1. The molecule has 554 valence electrons. The molecule has 7 atom stereocenters. The Morgan fingerprint density at radius 1 is 0.549 bits per heavy atom. The zero-order valence-electron chi connectivity index (χ0n) is 60.9. The average Bonchev–Trinajstić information content (AvgIpc) is 0.892. The monoisotopic (exact) mass is 1460 g/mol. The lowest BCUT2D eigenvalue weighted by Gasteiger charge is -2.33. The number of aliphatic hydroxyl groups excluding tert-OH is 3. The Labute approximate surface area is 612 Å². The van der Waals surface area contributed by atoms with E-state index in [-0.39, 0.29) is 76.2 Å². The van der Waals surface area contributed by atoms with Gasteiger partial charge in [0.1, 0.15) is 29.1 Å². The van der Waals surface area contributed by atoms with Gasteiger partial charge in [-0.2, -0.15) is 0 Å². The first kappa shape index (κ1) is 87.0. The van der Waals surface area contributed by atoms with Crippen LogP contribution in [0.2, 0.25) is 0 Å². The number of rotatable bonds is 24. The number of nitrogens with zero attached hydrogens (tertiary/aromatic N) is 1. The van der Waals surface area contributed by atoms with Gasteiger partial charge in [0.15, 0.2) is 0 Å². The number of halogens is 5. The van der Waals surface area contributed by atoms with Crippen molar-refractivity contribution in [2.24, 2.45) is 10.7 Å². The summed E-state index contributed by atoms with van der Waals surface area (Å²) < 4.78 is 99.8. The molecule has 0 radical (unpaired) electrons. The van der Waals surface area contributed by atoms with Gasteiger partial charge >= 0.3 is 0 Å². The lowest BCUT2D eigenvalue weighted by molar-refractivity contribution is 0.0961. The van der Waals surface area contributed by atoms with Crippen LogP contribution in [0.3, 0.4) is 0 Å². The van der Waals surface area contributed by atoms with Crippen LogP contribution < -0.4 is 16.4 Å². The average molecular weight is 1470 g/mol. The molecule has 0 unspecified atom stereocenters. The van der Waals surface area contributed by atoms with E-state index in [2.05, 4.69) is 22.2 Å². The minimum Gasteiger partial charge on any atom is -0.465 e. The molecular weight excluding hydrogens is 1360 g/mol. The summed E-state index contributed by atoms with van der Waals surface area (Å²) in [4.78, 5) is 29.4. The summed E-state index contributed by atoms with van der Waals surface area (Å²) in [6, 6.07) is 50.8. The maximum absolute atomic E-state index is 14.3. The van der Waals surface area contributed by atoms with Gasteiger partial charge < -0.3 is 31.1 Å². The van der Waals surface area contributed by atoms with Gasteiger partial charge in [-0.3, -0.25) is 23.3 Å². The fourth-order valence-corrected chi connectivity index (χ4v) is 14.5. The number of carbonyl (C=O) groups is 2. The molecule has 7 aromatic rings. The van der Waals surface area contributed by atoms with Crippen molar-refractivity contribution >= 4 is 56.6 Å². The summed E-state index contributed by atoms with van der Waals surface area (Å²) >= 11 is 5.36. The van der Waals surface area contributed by atoms with Crippen molar-refractivity contribution in [3.05, 3.63) is 263 Å². The largest absolute Gasteiger partial charge is 0.465 e. The van der Waals surface area contributed by atoms with Gasteiger partial charge in [0.2, 0.25) is 0 Å². The van der Waals surface area contributed by atoms with Gasteiger partial charge in [-0.15, -0.1) is 6.58 Å². The van der Waals surface area contributed by atoms with E-state index in [0.717, 1.165) is 6.42 Å². The van der Waals surface area contributed by atoms with Gasteiger partial charge in [0.25, 0.3) is 17.8 Å². The molecule has 0 fully saturated rings. The SMILES string of the molecule is C=CC[C@](C)(C[S@](=O)C(C)(C)C)c1ccccc1F.CC(C)(C)[S@@](=O)C[C@@](C)(CCCO)c1ccccc1F.C[C@@](CCCO)(CC(=S)NC(=O)c1ccccc1)c1ccccc1F.C[C@@]1(c2ccccc2F)CCCOC(NC(=O)c2ccccc2)=N1.C[C@](N)(CCCO)c1ccccc1F.